The summed E-state index contributed by atoms with van der Waals surface area (Å²) in [6, 6.07) is 1.87. The first-order valence-electron chi connectivity index (χ1n) is 6.12. The van der Waals surface area contributed by atoms with Gasteiger partial charge in [-0.2, -0.15) is 18.2 Å². The molecular weight excluding hydrogens is 289 g/mol. The molecule has 114 valence electrons. The third-order valence-corrected chi connectivity index (χ3v) is 2.89. The van der Waals surface area contributed by atoms with E-state index >= 15 is 0 Å². The normalized spacial score (nSPS) is 13.4. The van der Waals surface area contributed by atoms with Crippen LogP contribution in [-0.4, -0.2) is 28.2 Å². The fraction of sp³-hybridized carbons (Fsp3) is 0.417. The molecule has 0 aromatic carbocycles. The molecule has 0 aliphatic heterocycles. The number of aromatic nitrogens is 3. The van der Waals surface area contributed by atoms with Gasteiger partial charge >= 0.3 is 6.18 Å². The highest BCUT2D eigenvalue weighted by molar-refractivity contribution is 5.51. The van der Waals surface area contributed by atoms with E-state index in [0.717, 1.165) is 12.1 Å². The van der Waals surface area contributed by atoms with Gasteiger partial charge in [0.05, 0.1) is 0 Å². The molecule has 0 spiro atoms. The van der Waals surface area contributed by atoms with Crippen LogP contribution in [0.2, 0.25) is 0 Å². The average Bonchev–Trinajstić information content (AvgIpc) is 2.85. The van der Waals surface area contributed by atoms with E-state index in [0.29, 0.717) is 12.2 Å². The quantitative estimate of drug-likeness (QED) is 0.896. The molecular formula is C12H13F3N4O2. The number of hydrogen-bond acceptors (Lipinski definition) is 5. The van der Waals surface area contributed by atoms with Crippen LogP contribution in [0.5, 0.6) is 0 Å². The van der Waals surface area contributed by atoms with E-state index in [1.165, 1.54) is 0 Å². The summed E-state index contributed by atoms with van der Waals surface area (Å²) in [5.41, 5.74) is -2.15. The summed E-state index contributed by atoms with van der Waals surface area (Å²) < 4.78 is 42.3. The van der Waals surface area contributed by atoms with Gasteiger partial charge in [-0.05, 0) is 26.1 Å². The molecule has 2 N–H and O–H groups in total. The summed E-state index contributed by atoms with van der Waals surface area (Å²) in [6.45, 7) is 1.90. The van der Waals surface area contributed by atoms with E-state index in [2.05, 4.69) is 15.5 Å². The van der Waals surface area contributed by atoms with Crippen molar-refractivity contribution in [1.29, 1.82) is 0 Å². The molecule has 9 heteroatoms. The van der Waals surface area contributed by atoms with Crippen LogP contribution >= 0.6 is 0 Å². The van der Waals surface area contributed by atoms with Crippen molar-refractivity contribution in [3.63, 3.8) is 0 Å². The van der Waals surface area contributed by atoms with Crippen LogP contribution in [0.15, 0.2) is 21.5 Å². The molecule has 2 aromatic heterocycles. The maximum atomic E-state index is 12.5. The highest BCUT2D eigenvalue weighted by atomic mass is 19.4. The zero-order valence-electron chi connectivity index (χ0n) is 11.3. The lowest BCUT2D eigenvalue weighted by atomic mass is 10.2. The maximum Gasteiger partial charge on any atom is 0.431 e. The Morgan fingerprint density at radius 3 is 2.71 bits per heavy atom. The highest BCUT2D eigenvalue weighted by Gasteiger charge is 2.32. The maximum absolute atomic E-state index is 12.5. The van der Waals surface area contributed by atoms with Crippen molar-refractivity contribution in [2.24, 2.45) is 0 Å². The van der Waals surface area contributed by atoms with E-state index in [1.807, 2.05) is 6.92 Å². The van der Waals surface area contributed by atoms with Gasteiger partial charge < -0.3 is 14.8 Å². The number of pyridine rings is 1. The second kappa shape index (κ2) is 5.68. The van der Waals surface area contributed by atoms with E-state index < -0.39 is 17.4 Å². The molecule has 0 radical (unpaired) electrons. The monoisotopic (exact) mass is 302 g/mol. The molecule has 0 fully saturated rings. The molecule has 21 heavy (non-hydrogen) atoms. The Kier molecular flexibility index (Phi) is 4.12. The topological polar surface area (TPSA) is 83.8 Å². The van der Waals surface area contributed by atoms with Gasteiger partial charge in [0.25, 0.3) is 11.4 Å². The molecule has 0 bridgehead atoms. The molecule has 2 aromatic rings. The lowest BCUT2D eigenvalue weighted by Gasteiger charge is -2.05. The van der Waals surface area contributed by atoms with Crippen LogP contribution in [0.3, 0.4) is 0 Å². The zero-order valence-corrected chi connectivity index (χ0v) is 11.3. The Labute approximate surface area is 117 Å². The van der Waals surface area contributed by atoms with Crippen LogP contribution in [0, 0.1) is 0 Å². The molecule has 2 rings (SSSR count). The van der Waals surface area contributed by atoms with Crippen molar-refractivity contribution < 1.29 is 17.7 Å². The minimum Gasteiger partial charge on any atom is -0.334 e. The predicted molar refractivity (Wildman–Crippen MR) is 67.6 cm³/mol. The predicted octanol–water partition coefficient (Wildman–Crippen LogP) is 1.59. The van der Waals surface area contributed by atoms with Crippen LogP contribution in [-0.2, 0) is 12.6 Å². The van der Waals surface area contributed by atoms with Gasteiger partial charge in [-0.3, -0.25) is 4.79 Å². The number of aromatic amines is 1. The van der Waals surface area contributed by atoms with Gasteiger partial charge in [-0.1, -0.05) is 5.16 Å². The summed E-state index contributed by atoms with van der Waals surface area (Å²) in [4.78, 5) is 17.4. The van der Waals surface area contributed by atoms with Gasteiger partial charge in [0.2, 0.25) is 0 Å². The summed E-state index contributed by atoms with van der Waals surface area (Å²) in [5, 5.41) is 6.68. The van der Waals surface area contributed by atoms with Crippen molar-refractivity contribution in [1.82, 2.24) is 20.4 Å². The van der Waals surface area contributed by atoms with Crippen molar-refractivity contribution in [3.05, 3.63) is 34.0 Å². The Hall–Kier alpha value is -2.16. The van der Waals surface area contributed by atoms with Crippen molar-refractivity contribution in [3.8, 4) is 11.5 Å². The number of alkyl halides is 3. The number of rotatable bonds is 4. The van der Waals surface area contributed by atoms with Gasteiger partial charge in [0, 0.05) is 12.5 Å². The first kappa shape index (κ1) is 15.2. The summed E-state index contributed by atoms with van der Waals surface area (Å²) in [5.74, 6) is 0.259. The van der Waals surface area contributed by atoms with Gasteiger partial charge in [0.1, 0.15) is 11.3 Å². The molecule has 0 aliphatic carbocycles. The van der Waals surface area contributed by atoms with Crippen molar-refractivity contribution in [2.75, 3.05) is 7.05 Å². The fourth-order valence-corrected chi connectivity index (χ4v) is 1.63. The molecule has 0 aliphatic rings. The summed E-state index contributed by atoms with van der Waals surface area (Å²) in [7, 11) is 1.77. The molecule has 0 amide bonds. The molecule has 1 unspecified atom stereocenters. The summed E-state index contributed by atoms with van der Waals surface area (Å²) in [6.07, 6.45) is -4.14. The van der Waals surface area contributed by atoms with Crippen LogP contribution < -0.4 is 10.9 Å². The zero-order chi connectivity index (χ0) is 15.6. The second-order valence-electron chi connectivity index (χ2n) is 4.52. The third kappa shape index (κ3) is 3.48. The van der Waals surface area contributed by atoms with E-state index in [4.69, 9.17) is 4.52 Å². The smallest absolute Gasteiger partial charge is 0.334 e. The van der Waals surface area contributed by atoms with Crippen molar-refractivity contribution >= 4 is 0 Å². The SMILES string of the molecule is CNC(C)Cc1noc(-c2ccc(C(F)(F)F)[nH]c2=O)n1. The Balaban J connectivity index is 2.29. The first-order chi connectivity index (χ1) is 9.81. The van der Waals surface area contributed by atoms with Gasteiger partial charge in [0.15, 0.2) is 5.82 Å². The standard InChI is InChI=1S/C12H13F3N4O2/c1-6(16-2)5-9-18-11(21-19-9)7-3-4-8(12(13,14)15)17-10(7)20/h3-4,6,16H,5H2,1-2H3,(H,17,20). The molecule has 0 saturated carbocycles. The number of halogens is 3. The van der Waals surface area contributed by atoms with E-state index in [-0.39, 0.29) is 17.5 Å². The van der Waals surface area contributed by atoms with E-state index in [1.54, 1.807) is 12.0 Å². The lowest BCUT2D eigenvalue weighted by molar-refractivity contribution is -0.141. The Bertz CT molecular complexity index is 678. The highest BCUT2D eigenvalue weighted by Crippen LogP contribution is 2.27. The minimum atomic E-state index is -4.61. The number of likely N-dealkylation sites (N-methyl/N-ethyl adjacent to an activating group) is 1. The third-order valence-electron chi connectivity index (χ3n) is 2.89. The number of nitrogens with zero attached hydrogens (tertiary/aromatic N) is 2. The average molecular weight is 302 g/mol. The number of hydrogen-bond donors (Lipinski definition) is 2. The van der Waals surface area contributed by atoms with Crippen LogP contribution in [0.4, 0.5) is 13.2 Å². The number of nitrogens with one attached hydrogen (secondary N) is 2. The minimum absolute atomic E-state index is 0.0983. The lowest BCUT2D eigenvalue weighted by Crippen LogP contribution is -2.24. The van der Waals surface area contributed by atoms with Gasteiger partial charge in [-0.25, -0.2) is 0 Å². The van der Waals surface area contributed by atoms with Gasteiger partial charge in [-0.15, -0.1) is 0 Å². The van der Waals surface area contributed by atoms with Crippen LogP contribution in [0.25, 0.3) is 11.5 Å². The Morgan fingerprint density at radius 2 is 2.14 bits per heavy atom. The number of H-pyrrole nitrogens is 1. The van der Waals surface area contributed by atoms with Crippen molar-refractivity contribution in [2.45, 2.75) is 25.6 Å². The molecule has 6 nitrogen and oxygen atoms in total. The largest absolute Gasteiger partial charge is 0.431 e. The first-order valence-corrected chi connectivity index (χ1v) is 6.12. The summed E-state index contributed by atoms with van der Waals surface area (Å²) >= 11 is 0. The van der Waals surface area contributed by atoms with E-state index in [9.17, 15) is 18.0 Å². The van der Waals surface area contributed by atoms with Crippen LogP contribution in [0.1, 0.15) is 18.4 Å². The molecule has 1 atom stereocenters. The fourth-order valence-electron chi connectivity index (χ4n) is 1.63. The Morgan fingerprint density at radius 1 is 1.43 bits per heavy atom. The molecule has 2 heterocycles. The molecule has 0 saturated heterocycles. The second-order valence-corrected chi connectivity index (χ2v) is 4.52.